The number of nitrogens with zero attached hydrogens (tertiary/aromatic N) is 2. The number of likely N-dealkylation sites (tertiary alicyclic amines) is 1. The van der Waals surface area contributed by atoms with E-state index in [9.17, 15) is 9.59 Å². The number of benzene rings is 1. The minimum absolute atomic E-state index is 0.0676. The van der Waals surface area contributed by atoms with Crippen molar-refractivity contribution in [2.24, 2.45) is 5.41 Å². The third-order valence-electron chi connectivity index (χ3n) is 5.84. The molecule has 0 bridgehead atoms. The molecule has 0 unspecified atom stereocenters. The molecule has 5 heteroatoms. The molecule has 0 radical (unpaired) electrons. The van der Waals surface area contributed by atoms with Crippen molar-refractivity contribution in [3.8, 4) is 0 Å². The molecule has 142 valence electrons. The average molecular weight is 357 g/mol. The van der Waals surface area contributed by atoms with Gasteiger partial charge < -0.3 is 10.2 Å². The summed E-state index contributed by atoms with van der Waals surface area (Å²) in [7, 11) is 0. The first-order valence-corrected chi connectivity index (χ1v) is 9.94. The van der Waals surface area contributed by atoms with E-state index in [1.54, 1.807) is 0 Å². The first-order valence-electron chi connectivity index (χ1n) is 9.94. The van der Waals surface area contributed by atoms with Gasteiger partial charge in [-0.2, -0.15) is 0 Å². The number of unbranched alkanes of at least 4 members (excludes halogenated alkanes) is 1. The highest BCUT2D eigenvalue weighted by atomic mass is 16.2. The maximum atomic E-state index is 12.8. The maximum Gasteiger partial charge on any atom is 0.245 e. The number of amides is 2. The highest BCUT2D eigenvalue weighted by molar-refractivity contribution is 5.94. The number of carbonyl (C=O) groups is 2. The van der Waals surface area contributed by atoms with Crippen LogP contribution in [0.3, 0.4) is 0 Å². The van der Waals surface area contributed by atoms with Gasteiger partial charge in [-0.25, -0.2) is 0 Å². The van der Waals surface area contributed by atoms with E-state index in [4.69, 9.17) is 0 Å². The van der Waals surface area contributed by atoms with E-state index in [1.165, 1.54) is 5.56 Å². The van der Waals surface area contributed by atoms with Crippen LogP contribution in [0.4, 0.5) is 0 Å². The normalized spacial score (nSPS) is 25.6. The van der Waals surface area contributed by atoms with Crippen LogP contribution < -0.4 is 5.32 Å². The Kier molecular flexibility index (Phi) is 5.97. The van der Waals surface area contributed by atoms with Crippen LogP contribution in [-0.2, 0) is 16.1 Å². The largest absolute Gasteiger partial charge is 0.344 e. The summed E-state index contributed by atoms with van der Waals surface area (Å²) in [6.07, 6.45) is 3.56. The number of hydrogen-bond acceptors (Lipinski definition) is 3. The lowest BCUT2D eigenvalue weighted by Crippen LogP contribution is -2.44. The Hall–Kier alpha value is -1.88. The Labute approximate surface area is 156 Å². The molecule has 1 spiro atoms. The smallest absolute Gasteiger partial charge is 0.245 e. The van der Waals surface area contributed by atoms with Crippen LogP contribution in [0.15, 0.2) is 30.3 Å². The Morgan fingerprint density at radius 2 is 2.08 bits per heavy atom. The monoisotopic (exact) mass is 357 g/mol. The molecule has 5 nitrogen and oxygen atoms in total. The fraction of sp³-hybridized carbons (Fsp3) is 0.619. The Bertz CT molecular complexity index is 633. The first-order chi connectivity index (χ1) is 12.6. The molecular formula is C21H31N3O2. The number of nitrogens with one attached hydrogen (secondary N) is 1. The van der Waals surface area contributed by atoms with Crippen LogP contribution in [0, 0.1) is 5.41 Å². The van der Waals surface area contributed by atoms with Crippen LogP contribution >= 0.6 is 0 Å². The third kappa shape index (κ3) is 3.93. The summed E-state index contributed by atoms with van der Waals surface area (Å²) in [6.45, 7) is 8.16. The topological polar surface area (TPSA) is 52.7 Å². The second kappa shape index (κ2) is 8.21. The molecule has 1 N–H and O–H groups in total. The second-order valence-electron chi connectivity index (χ2n) is 7.73. The van der Waals surface area contributed by atoms with Crippen LogP contribution in [0.5, 0.6) is 0 Å². The zero-order valence-corrected chi connectivity index (χ0v) is 16.0. The van der Waals surface area contributed by atoms with Gasteiger partial charge >= 0.3 is 0 Å². The van der Waals surface area contributed by atoms with E-state index in [-0.39, 0.29) is 23.3 Å². The number of likely N-dealkylation sites (N-methyl/N-ethyl adjacent to an activating group) is 1. The minimum atomic E-state index is -0.390. The van der Waals surface area contributed by atoms with Crippen molar-refractivity contribution in [1.29, 1.82) is 0 Å². The summed E-state index contributed by atoms with van der Waals surface area (Å²) in [4.78, 5) is 29.8. The molecular weight excluding hydrogens is 326 g/mol. The fourth-order valence-electron chi connectivity index (χ4n) is 4.28. The number of carbonyl (C=O) groups excluding carboxylic acids is 2. The van der Waals surface area contributed by atoms with Crippen molar-refractivity contribution in [3.63, 3.8) is 0 Å². The van der Waals surface area contributed by atoms with E-state index < -0.39 is 0 Å². The lowest BCUT2D eigenvalue weighted by Gasteiger charge is -2.25. The van der Waals surface area contributed by atoms with Gasteiger partial charge in [0.2, 0.25) is 11.8 Å². The van der Waals surface area contributed by atoms with Crippen LogP contribution in [0.1, 0.15) is 45.1 Å². The van der Waals surface area contributed by atoms with Crippen molar-refractivity contribution >= 4 is 11.8 Å². The zero-order valence-electron chi connectivity index (χ0n) is 16.0. The Balaban J connectivity index is 1.61. The van der Waals surface area contributed by atoms with Gasteiger partial charge in [-0.15, -0.1) is 0 Å². The molecule has 2 amide bonds. The van der Waals surface area contributed by atoms with Gasteiger partial charge in [-0.05, 0) is 38.3 Å². The van der Waals surface area contributed by atoms with Gasteiger partial charge in [0, 0.05) is 26.2 Å². The predicted octanol–water partition coefficient (Wildman–Crippen LogP) is 2.42. The van der Waals surface area contributed by atoms with Crippen molar-refractivity contribution in [1.82, 2.24) is 15.1 Å². The molecule has 1 aromatic carbocycles. The molecule has 2 aliphatic heterocycles. The summed E-state index contributed by atoms with van der Waals surface area (Å²) in [5.41, 5.74) is 0.881. The molecule has 1 aromatic rings. The van der Waals surface area contributed by atoms with E-state index in [0.717, 1.165) is 45.4 Å². The van der Waals surface area contributed by atoms with Gasteiger partial charge in [-0.1, -0.05) is 43.7 Å². The second-order valence-corrected chi connectivity index (χ2v) is 7.73. The van der Waals surface area contributed by atoms with E-state index in [0.29, 0.717) is 13.0 Å². The van der Waals surface area contributed by atoms with Crippen LogP contribution in [0.2, 0.25) is 0 Å². The summed E-state index contributed by atoms with van der Waals surface area (Å²) in [5.74, 6) is 0.158. The van der Waals surface area contributed by atoms with Crippen molar-refractivity contribution in [2.45, 2.75) is 52.1 Å². The lowest BCUT2D eigenvalue weighted by molar-refractivity contribution is -0.134. The molecule has 3 rings (SSSR count). The molecule has 2 aliphatic rings. The average Bonchev–Trinajstić information content (AvgIpc) is 3.20. The molecule has 2 atom stereocenters. The number of rotatable bonds is 7. The standard InChI is InChI=1S/C21H31N3O2/c1-3-5-12-24(4-2)19(25)18-14-21(20(26)22-18)11-13-23(16-21)15-17-9-7-6-8-10-17/h6-10,18H,3-5,11-16H2,1-2H3,(H,22,26)/t18-,21+/m0/s1. The molecule has 0 aliphatic carbocycles. The van der Waals surface area contributed by atoms with E-state index in [1.807, 2.05) is 30.0 Å². The van der Waals surface area contributed by atoms with Crippen molar-refractivity contribution in [3.05, 3.63) is 35.9 Å². The third-order valence-corrected chi connectivity index (χ3v) is 5.84. The molecule has 2 saturated heterocycles. The fourth-order valence-corrected chi connectivity index (χ4v) is 4.28. The van der Waals surface area contributed by atoms with E-state index >= 15 is 0 Å². The Morgan fingerprint density at radius 1 is 1.31 bits per heavy atom. The molecule has 0 aromatic heterocycles. The summed E-state index contributed by atoms with van der Waals surface area (Å²) in [6, 6.07) is 10.0. The lowest BCUT2D eigenvalue weighted by atomic mass is 9.83. The van der Waals surface area contributed by atoms with Crippen LogP contribution in [0.25, 0.3) is 0 Å². The predicted molar refractivity (Wildman–Crippen MR) is 102 cm³/mol. The molecule has 26 heavy (non-hydrogen) atoms. The highest BCUT2D eigenvalue weighted by Crippen LogP contribution is 2.40. The van der Waals surface area contributed by atoms with Gasteiger partial charge in [0.05, 0.1) is 5.41 Å². The van der Waals surface area contributed by atoms with Gasteiger partial charge in [0.1, 0.15) is 6.04 Å². The molecule has 2 heterocycles. The van der Waals surface area contributed by atoms with Gasteiger partial charge in [-0.3, -0.25) is 14.5 Å². The zero-order chi connectivity index (χ0) is 18.6. The summed E-state index contributed by atoms with van der Waals surface area (Å²) < 4.78 is 0. The SMILES string of the molecule is CCCCN(CC)C(=O)[C@@H]1C[C@@]2(CCN(Cc3ccccc3)C2)C(=O)N1. The van der Waals surface area contributed by atoms with Crippen molar-refractivity contribution in [2.75, 3.05) is 26.2 Å². The molecule has 2 fully saturated rings. The molecule has 0 saturated carbocycles. The first kappa shape index (κ1) is 18.9. The van der Waals surface area contributed by atoms with Crippen molar-refractivity contribution < 1.29 is 9.59 Å². The van der Waals surface area contributed by atoms with Crippen LogP contribution in [-0.4, -0.2) is 53.8 Å². The summed E-state index contributed by atoms with van der Waals surface area (Å²) >= 11 is 0. The number of hydrogen-bond donors (Lipinski definition) is 1. The highest BCUT2D eigenvalue weighted by Gasteiger charge is 2.52. The maximum absolute atomic E-state index is 12.8. The summed E-state index contributed by atoms with van der Waals surface area (Å²) in [5, 5.41) is 3.01. The van der Waals surface area contributed by atoms with E-state index in [2.05, 4.69) is 29.3 Å². The quantitative estimate of drug-likeness (QED) is 0.815. The minimum Gasteiger partial charge on any atom is -0.344 e. The van der Waals surface area contributed by atoms with Gasteiger partial charge in [0.25, 0.3) is 0 Å². The Morgan fingerprint density at radius 3 is 2.77 bits per heavy atom. The van der Waals surface area contributed by atoms with Gasteiger partial charge in [0.15, 0.2) is 0 Å².